The summed E-state index contributed by atoms with van der Waals surface area (Å²) in [5, 5.41) is 5.41. The summed E-state index contributed by atoms with van der Waals surface area (Å²) in [6, 6.07) is 17.1. The molecule has 1 amide bonds. The summed E-state index contributed by atoms with van der Waals surface area (Å²) in [6.07, 6.45) is 0. The molecule has 1 atom stereocenters. The zero-order valence-electron chi connectivity index (χ0n) is 11.5. The molecule has 3 aromatic rings. The van der Waals surface area contributed by atoms with Crippen molar-refractivity contribution < 1.29 is 9.21 Å². The fraction of sp³-hybridized carbons (Fsp3) is 0.118. The van der Waals surface area contributed by atoms with Gasteiger partial charge < -0.3 is 9.73 Å². The Morgan fingerprint density at radius 2 is 1.86 bits per heavy atom. The van der Waals surface area contributed by atoms with Gasteiger partial charge >= 0.3 is 0 Å². The zero-order chi connectivity index (χ0) is 14.8. The number of rotatable bonds is 3. The molecule has 0 bridgehead atoms. The Morgan fingerprint density at radius 3 is 2.62 bits per heavy atom. The topological polar surface area (TPSA) is 42.2 Å². The normalized spacial score (nSPS) is 12.3. The van der Waals surface area contributed by atoms with Crippen molar-refractivity contribution in [3.63, 3.8) is 0 Å². The number of benzene rings is 2. The van der Waals surface area contributed by atoms with Crippen molar-refractivity contribution in [1.82, 2.24) is 5.32 Å². The molecule has 4 heteroatoms. The van der Waals surface area contributed by atoms with Crippen molar-refractivity contribution in [1.29, 1.82) is 0 Å². The van der Waals surface area contributed by atoms with Gasteiger partial charge in [0.2, 0.25) is 0 Å². The van der Waals surface area contributed by atoms with Crippen LogP contribution in [0.2, 0.25) is 5.22 Å². The van der Waals surface area contributed by atoms with Crippen LogP contribution in [0.15, 0.2) is 59.0 Å². The van der Waals surface area contributed by atoms with E-state index in [-0.39, 0.29) is 22.9 Å². The minimum Gasteiger partial charge on any atom is -0.440 e. The van der Waals surface area contributed by atoms with Gasteiger partial charge in [-0.3, -0.25) is 4.79 Å². The van der Waals surface area contributed by atoms with E-state index in [0.29, 0.717) is 0 Å². The minimum atomic E-state index is -0.276. The fourth-order valence-electron chi connectivity index (χ4n) is 2.41. The zero-order valence-corrected chi connectivity index (χ0v) is 12.2. The number of halogens is 1. The van der Waals surface area contributed by atoms with Gasteiger partial charge in [-0.1, -0.05) is 42.5 Å². The molecule has 2 aromatic carbocycles. The van der Waals surface area contributed by atoms with Crippen LogP contribution in [-0.2, 0) is 0 Å². The summed E-state index contributed by atoms with van der Waals surface area (Å²) < 4.78 is 5.12. The van der Waals surface area contributed by atoms with Crippen LogP contribution in [0.4, 0.5) is 0 Å². The number of nitrogens with one attached hydrogen (secondary N) is 1. The van der Waals surface area contributed by atoms with Gasteiger partial charge in [0.15, 0.2) is 11.0 Å². The van der Waals surface area contributed by atoms with Gasteiger partial charge in [0, 0.05) is 0 Å². The molecule has 0 saturated heterocycles. The molecule has 0 aliphatic rings. The van der Waals surface area contributed by atoms with Crippen LogP contribution in [0.25, 0.3) is 10.8 Å². The van der Waals surface area contributed by atoms with Crippen molar-refractivity contribution in [3.8, 4) is 0 Å². The second-order valence-electron chi connectivity index (χ2n) is 4.87. The Hall–Kier alpha value is -2.26. The third-order valence-corrected chi connectivity index (χ3v) is 3.64. The van der Waals surface area contributed by atoms with E-state index in [1.54, 1.807) is 12.1 Å². The van der Waals surface area contributed by atoms with Crippen molar-refractivity contribution in [2.45, 2.75) is 13.0 Å². The number of carbonyl (C=O) groups excluding carboxylic acids is 1. The number of amides is 1. The molecule has 0 spiro atoms. The molecule has 0 fully saturated rings. The third kappa shape index (κ3) is 2.78. The highest BCUT2D eigenvalue weighted by Crippen LogP contribution is 2.24. The lowest BCUT2D eigenvalue weighted by Gasteiger charge is -2.15. The Kier molecular flexibility index (Phi) is 3.67. The summed E-state index contributed by atoms with van der Waals surface area (Å²) in [5.41, 5.74) is 1.07. The maximum absolute atomic E-state index is 12.1. The number of fused-ring (bicyclic) bond motifs is 1. The first-order valence-electron chi connectivity index (χ1n) is 6.69. The van der Waals surface area contributed by atoms with E-state index in [1.807, 2.05) is 31.2 Å². The van der Waals surface area contributed by atoms with Gasteiger partial charge in [0.25, 0.3) is 5.91 Å². The first-order chi connectivity index (χ1) is 10.1. The first-order valence-corrected chi connectivity index (χ1v) is 7.07. The second kappa shape index (κ2) is 5.62. The lowest BCUT2D eigenvalue weighted by molar-refractivity contribution is 0.0912. The molecule has 1 aromatic heterocycles. The fourth-order valence-corrected chi connectivity index (χ4v) is 2.56. The Morgan fingerprint density at radius 1 is 1.10 bits per heavy atom. The highest BCUT2D eigenvalue weighted by Gasteiger charge is 2.16. The van der Waals surface area contributed by atoms with E-state index in [9.17, 15) is 4.79 Å². The smallest absolute Gasteiger partial charge is 0.287 e. The van der Waals surface area contributed by atoms with Gasteiger partial charge in [-0.2, -0.15) is 0 Å². The average molecular weight is 300 g/mol. The minimum absolute atomic E-state index is 0.132. The number of carbonyl (C=O) groups is 1. The maximum atomic E-state index is 12.1. The lowest BCUT2D eigenvalue weighted by Crippen LogP contribution is -2.26. The molecule has 3 rings (SSSR count). The van der Waals surface area contributed by atoms with Crippen molar-refractivity contribution in [2.24, 2.45) is 0 Å². The number of furan rings is 1. The van der Waals surface area contributed by atoms with Crippen LogP contribution in [0.3, 0.4) is 0 Å². The Bertz CT molecular complexity index is 789. The predicted molar refractivity (Wildman–Crippen MR) is 83.5 cm³/mol. The van der Waals surface area contributed by atoms with Crippen molar-refractivity contribution >= 4 is 28.3 Å². The largest absolute Gasteiger partial charge is 0.440 e. The summed E-state index contributed by atoms with van der Waals surface area (Å²) in [5.74, 6) is -0.0607. The molecule has 1 N–H and O–H groups in total. The molecule has 0 radical (unpaired) electrons. The first kappa shape index (κ1) is 13.7. The van der Waals surface area contributed by atoms with Crippen LogP contribution in [0.1, 0.15) is 29.1 Å². The summed E-state index contributed by atoms with van der Waals surface area (Å²) >= 11 is 5.69. The van der Waals surface area contributed by atoms with Crippen LogP contribution in [0, 0.1) is 0 Å². The monoisotopic (exact) mass is 299 g/mol. The van der Waals surface area contributed by atoms with Gasteiger partial charge in [-0.25, -0.2) is 0 Å². The van der Waals surface area contributed by atoms with Crippen LogP contribution in [-0.4, -0.2) is 5.91 Å². The highest BCUT2D eigenvalue weighted by atomic mass is 35.5. The van der Waals surface area contributed by atoms with Crippen molar-refractivity contribution in [2.75, 3.05) is 0 Å². The van der Waals surface area contributed by atoms with E-state index in [1.165, 1.54) is 0 Å². The second-order valence-corrected chi connectivity index (χ2v) is 5.24. The standard InChI is InChI=1S/C17H14ClNO2/c1-11(19-17(20)15-9-10-16(18)21-15)13-8-4-6-12-5-2-3-7-14(12)13/h2-11H,1H3,(H,19,20)/t11-/m0/s1. The van der Waals surface area contributed by atoms with E-state index >= 15 is 0 Å². The molecule has 1 heterocycles. The Balaban J connectivity index is 1.87. The highest BCUT2D eigenvalue weighted by molar-refractivity contribution is 6.29. The third-order valence-electron chi connectivity index (χ3n) is 3.43. The lowest BCUT2D eigenvalue weighted by atomic mass is 9.99. The maximum Gasteiger partial charge on any atom is 0.287 e. The number of hydrogen-bond acceptors (Lipinski definition) is 2. The molecule has 21 heavy (non-hydrogen) atoms. The van der Waals surface area contributed by atoms with E-state index < -0.39 is 0 Å². The van der Waals surface area contributed by atoms with Gasteiger partial charge in [0.1, 0.15) is 0 Å². The molecule has 0 aliphatic heterocycles. The van der Waals surface area contributed by atoms with Gasteiger partial charge in [0.05, 0.1) is 6.04 Å². The predicted octanol–water partition coefficient (Wildman–Crippen LogP) is 4.58. The molecule has 106 valence electrons. The van der Waals surface area contributed by atoms with Gasteiger partial charge in [-0.05, 0) is 47.0 Å². The van der Waals surface area contributed by atoms with E-state index in [4.69, 9.17) is 16.0 Å². The average Bonchev–Trinajstić information content (AvgIpc) is 2.93. The molecule has 0 unspecified atom stereocenters. The SMILES string of the molecule is C[C@H](NC(=O)c1ccc(Cl)o1)c1cccc2ccccc12. The van der Waals surface area contributed by atoms with Crippen LogP contribution in [0.5, 0.6) is 0 Å². The van der Waals surface area contributed by atoms with Crippen LogP contribution >= 0.6 is 11.6 Å². The summed E-state index contributed by atoms with van der Waals surface area (Å²) in [4.78, 5) is 12.1. The van der Waals surface area contributed by atoms with E-state index in [2.05, 4.69) is 23.5 Å². The van der Waals surface area contributed by atoms with Crippen molar-refractivity contribution in [3.05, 3.63) is 71.1 Å². The molecular weight excluding hydrogens is 286 g/mol. The number of hydrogen-bond donors (Lipinski definition) is 1. The summed E-state index contributed by atoms with van der Waals surface area (Å²) in [6.45, 7) is 1.95. The van der Waals surface area contributed by atoms with Gasteiger partial charge in [-0.15, -0.1) is 0 Å². The molecule has 3 nitrogen and oxygen atoms in total. The molecule has 0 saturated carbocycles. The summed E-state index contributed by atoms with van der Waals surface area (Å²) in [7, 11) is 0. The molecule has 0 aliphatic carbocycles. The molecular formula is C17H14ClNO2. The quantitative estimate of drug-likeness (QED) is 0.769. The van der Waals surface area contributed by atoms with Crippen LogP contribution < -0.4 is 5.32 Å². The van der Waals surface area contributed by atoms with E-state index in [0.717, 1.165) is 16.3 Å². The Labute approximate surface area is 127 Å².